The van der Waals surface area contributed by atoms with Gasteiger partial charge in [-0.1, -0.05) is 76.8 Å². The number of hydrogen-bond acceptors (Lipinski definition) is 21. The molecule has 0 aromatic rings. The van der Waals surface area contributed by atoms with Gasteiger partial charge in [0.25, 0.3) is 0 Å². The minimum atomic E-state index is -1.14. The topological polar surface area (TPSA) is 211 Å². The highest BCUT2D eigenvalue weighted by molar-refractivity contribution is 8.15. The Hall–Kier alpha value is -4.17. The molecule has 0 aromatic carbocycles. The summed E-state index contributed by atoms with van der Waals surface area (Å²) in [5.41, 5.74) is 1.72. The lowest BCUT2D eigenvalue weighted by Crippen LogP contribution is -2.33. The first-order valence-electron chi connectivity index (χ1n) is 27.3. The van der Waals surface area contributed by atoms with Crippen LogP contribution in [0.4, 0.5) is 0 Å². The van der Waals surface area contributed by atoms with E-state index in [1.807, 2.05) is 41.5 Å². The van der Waals surface area contributed by atoms with Crippen LogP contribution < -0.4 is 0 Å². The molecule has 0 N–H and O–H groups in total. The SMILES string of the molecule is CC1(C)CC(N2CCCC2)=C(C(=O)SCCS)/C(=C(\C#N)C(=O)OCC(COC(=O)/C(C#N)=C2\CC(C)(C)CC(N3CCCC3)=C2C(=O)SCCS)COC(=O)/C(C#N)=C2\CC(C)(C)CC(N3CCCC3)=C2C(=O)SCCS)C1. The van der Waals surface area contributed by atoms with Crippen molar-refractivity contribution in [1.82, 2.24) is 14.7 Å². The molecule has 0 spiro atoms. The van der Waals surface area contributed by atoms with Crippen molar-refractivity contribution in [3.05, 3.63) is 67.2 Å². The molecule has 428 valence electrons. The van der Waals surface area contributed by atoms with E-state index in [-0.39, 0.29) is 68.0 Å². The highest BCUT2D eigenvalue weighted by Gasteiger charge is 2.43. The molecular formula is C58H76N6O9S6. The van der Waals surface area contributed by atoms with Crippen LogP contribution >= 0.6 is 73.2 Å². The number of carbonyl (C=O) groups is 6. The van der Waals surface area contributed by atoms with Crippen molar-refractivity contribution in [2.75, 3.05) is 93.6 Å². The molecule has 3 heterocycles. The molecule has 0 bridgehead atoms. The molecular weight excluding hydrogens is 1120 g/mol. The van der Waals surface area contributed by atoms with E-state index in [1.165, 1.54) is 0 Å². The summed E-state index contributed by atoms with van der Waals surface area (Å²) in [6, 6.07) is 6.16. The van der Waals surface area contributed by atoms with Gasteiger partial charge in [0.15, 0.2) is 0 Å². The molecule has 21 heteroatoms. The maximum Gasteiger partial charge on any atom is 0.349 e. The van der Waals surface area contributed by atoms with Crippen molar-refractivity contribution < 1.29 is 43.0 Å². The Balaban J connectivity index is 1.39. The van der Waals surface area contributed by atoms with Crippen molar-refractivity contribution in [3.8, 4) is 18.2 Å². The highest BCUT2D eigenvalue weighted by Crippen LogP contribution is 2.49. The summed E-state index contributed by atoms with van der Waals surface area (Å²) in [7, 11) is 0. The number of thiol groups is 3. The van der Waals surface area contributed by atoms with Crippen molar-refractivity contribution in [2.45, 2.75) is 119 Å². The molecule has 3 saturated heterocycles. The third-order valence-corrected chi connectivity index (χ3v) is 19.1. The summed E-state index contributed by atoms with van der Waals surface area (Å²) >= 11 is 16.2. The van der Waals surface area contributed by atoms with E-state index in [9.17, 15) is 44.6 Å². The predicted molar refractivity (Wildman–Crippen MR) is 321 cm³/mol. The van der Waals surface area contributed by atoms with Gasteiger partial charge in [-0.15, -0.1) is 0 Å². The lowest BCUT2D eigenvalue weighted by Gasteiger charge is -2.38. The average molecular weight is 1190 g/mol. The number of ether oxygens (including phenoxy) is 3. The molecule has 0 radical (unpaired) electrons. The Morgan fingerprint density at radius 1 is 0.456 bits per heavy atom. The molecule has 0 amide bonds. The average Bonchev–Trinajstić information content (AvgIpc) is 4.34. The zero-order valence-corrected chi connectivity index (χ0v) is 51.7. The van der Waals surface area contributed by atoms with E-state index in [4.69, 9.17) is 14.2 Å². The Morgan fingerprint density at radius 2 is 0.696 bits per heavy atom. The highest BCUT2D eigenvalue weighted by atomic mass is 32.2. The molecule has 3 aliphatic heterocycles. The van der Waals surface area contributed by atoms with Crippen LogP contribution in [-0.2, 0) is 43.0 Å². The fraction of sp³-hybridized carbons (Fsp3) is 0.638. The summed E-state index contributed by atoms with van der Waals surface area (Å²) in [6.45, 7) is 14.8. The van der Waals surface area contributed by atoms with Gasteiger partial charge in [-0.05, 0) is 127 Å². The molecule has 15 nitrogen and oxygen atoms in total. The first kappa shape index (κ1) is 64.0. The summed E-state index contributed by atoms with van der Waals surface area (Å²) < 4.78 is 17.8. The monoisotopic (exact) mass is 1190 g/mol. The molecule has 0 unspecified atom stereocenters. The van der Waals surface area contributed by atoms with E-state index in [0.717, 1.165) is 130 Å². The summed E-state index contributed by atoms with van der Waals surface area (Å²) in [6.07, 6.45) is 7.96. The number of thioether (sulfide) groups is 3. The molecule has 79 heavy (non-hydrogen) atoms. The quantitative estimate of drug-likeness (QED) is 0.0321. The molecule has 0 saturated carbocycles. The minimum Gasteiger partial charge on any atom is -0.461 e. The fourth-order valence-corrected chi connectivity index (χ4v) is 14.3. The van der Waals surface area contributed by atoms with Crippen molar-refractivity contribution in [1.29, 1.82) is 15.8 Å². The van der Waals surface area contributed by atoms with Crippen LogP contribution in [0.15, 0.2) is 67.2 Å². The van der Waals surface area contributed by atoms with Crippen LogP contribution in [0.5, 0.6) is 0 Å². The normalized spacial score (nSPS) is 21.8. The third-order valence-electron chi connectivity index (χ3n) is 14.9. The number of rotatable bonds is 21. The van der Waals surface area contributed by atoms with E-state index in [1.54, 1.807) is 0 Å². The number of nitriles is 3. The number of hydrogen-bond donors (Lipinski definition) is 3. The predicted octanol–water partition coefficient (Wildman–Crippen LogP) is 9.77. The standard InChI is InChI=1S/C58H76N6O9S6/c1-56(2)25-38(47(53(68)77-22-19-74)44(28-56)62-13-7-8-14-62)41(31-59)50(65)71-34-37(35-72-51(66)42(32-60)39-26-57(3,4)29-45(63-15-9-10-16-63)48(39)54(69)78-23-20-75)36-73-52(67)43(33-61)40-27-58(5,6)30-46(64-17-11-12-18-64)49(40)55(70)79-24-21-76/h37,74-76H,7-30,34-36H2,1-6H3/b41-38+,42-39+,43-40+. The zero-order valence-electron chi connectivity index (χ0n) is 46.6. The van der Waals surface area contributed by atoms with E-state index >= 15 is 0 Å². The Bertz CT molecular complexity index is 2430. The zero-order chi connectivity index (χ0) is 57.7. The fourth-order valence-electron chi connectivity index (χ4n) is 11.5. The van der Waals surface area contributed by atoms with Crippen molar-refractivity contribution in [3.63, 3.8) is 0 Å². The van der Waals surface area contributed by atoms with Gasteiger partial charge in [0, 0.05) is 73.6 Å². The molecule has 3 fully saturated rings. The smallest absolute Gasteiger partial charge is 0.349 e. The number of likely N-dealkylation sites (tertiary alicyclic amines) is 3. The second-order valence-electron chi connectivity index (χ2n) is 23.2. The molecule has 6 rings (SSSR count). The lowest BCUT2D eigenvalue weighted by atomic mass is 9.72. The van der Waals surface area contributed by atoms with Crippen LogP contribution in [-0.4, -0.2) is 142 Å². The second kappa shape index (κ2) is 29.2. The van der Waals surface area contributed by atoms with Crippen LogP contribution in [0.25, 0.3) is 0 Å². The van der Waals surface area contributed by atoms with Crippen LogP contribution in [0.1, 0.15) is 119 Å². The third kappa shape index (κ3) is 16.5. The van der Waals surface area contributed by atoms with E-state index in [2.05, 4.69) is 70.8 Å². The summed E-state index contributed by atoms with van der Waals surface area (Å²) in [5.74, 6) is -1.73. The van der Waals surface area contributed by atoms with Crippen molar-refractivity contribution in [2.24, 2.45) is 22.2 Å². The van der Waals surface area contributed by atoms with Gasteiger partial charge in [0.2, 0.25) is 15.3 Å². The minimum absolute atomic E-state index is 0.228. The molecule has 6 aliphatic rings. The first-order chi connectivity index (χ1) is 37.6. The van der Waals surface area contributed by atoms with Gasteiger partial charge in [-0.2, -0.15) is 53.7 Å². The van der Waals surface area contributed by atoms with Gasteiger partial charge < -0.3 is 28.9 Å². The Morgan fingerprint density at radius 3 is 0.911 bits per heavy atom. The Labute approximate surface area is 496 Å². The van der Waals surface area contributed by atoms with Gasteiger partial charge >= 0.3 is 17.9 Å². The summed E-state index contributed by atoms with van der Waals surface area (Å²) in [4.78, 5) is 92.3. The number of nitrogens with zero attached hydrogens (tertiary/aromatic N) is 6. The van der Waals surface area contributed by atoms with E-state index in [0.29, 0.717) is 70.5 Å². The number of allylic oxidation sites excluding steroid dienone is 6. The maximum absolute atomic E-state index is 14.5. The van der Waals surface area contributed by atoms with Crippen LogP contribution in [0, 0.1) is 56.2 Å². The Kier molecular flexibility index (Phi) is 23.6. The van der Waals surface area contributed by atoms with Gasteiger partial charge in [-0.3, -0.25) is 14.4 Å². The van der Waals surface area contributed by atoms with Crippen LogP contribution in [0.3, 0.4) is 0 Å². The maximum atomic E-state index is 14.5. The van der Waals surface area contributed by atoms with E-state index < -0.39 is 59.9 Å². The van der Waals surface area contributed by atoms with Crippen LogP contribution in [0.2, 0.25) is 0 Å². The first-order valence-corrected chi connectivity index (χ1v) is 32.2. The summed E-state index contributed by atoms with van der Waals surface area (Å²) in [5, 5.41) is 31.6. The van der Waals surface area contributed by atoms with Gasteiger partial charge in [-0.25, -0.2) is 14.4 Å². The number of carbonyl (C=O) groups excluding carboxylic acids is 6. The lowest BCUT2D eigenvalue weighted by molar-refractivity contribution is -0.148. The molecule has 0 aromatic heterocycles. The largest absolute Gasteiger partial charge is 0.461 e. The van der Waals surface area contributed by atoms with Gasteiger partial charge in [0.1, 0.15) is 54.7 Å². The van der Waals surface area contributed by atoms with Crippen molar-refractivity contribution >= 4 is 106 Å². The molecule has 0 atom stereocenters. The second-order valence-corrected chi connectivity index (χ2v) is 27.8. The van der Waals surface area contributed by atoms with Gasteiger partial charge in [0.05, 0.1) is 22.6 Å². The molecule has 3 aliphatic carbocycles. The number of esters is 3.